The molecule has 0 saturated carbocycles. The van der Waals surface area contributed by atoms with Crippen molar-refractivity contribution in [2.45, 2.75) is 20.3 Å². The van der Waals surface area contributed by atoms with Gasteiger partial charge in [-0.2, -0.15) is 0 Å². The summed E-state index contributed by atoms with van der Waals surface area (Å²) in [4.78, 5) is 48.7. The van der Waals surface area contributed by atoms with Gasteiger partial charge in [0.1, 0.15) is 0 Å². The van der Waals surface area contributed by atoms with Crippen LogP contribution in [0.15, 0.2) is 48.5 Å². The topological polar surface area (TPSA) is 105 Å². The van der Waals surface area contributed by atoms with Gasteiger partial charge in [0.2, 0.25) is 5.91 Å². The number of amides is 3. The second kappa shape index (κ2) is 9.21. The van der Waals surface area contributed by atoms with Crippen LogP contribution in [0.4, 0.5) is 5.69 Å². The number of hydrazine groups is 1. The first-order chi connectivity index (χ1) is 14.3. The van der Waals surface area contributed by atoms with Crippen LogP contribution in [0.2, 0.25) is 0 Å². The van der Waals surface area contributed by atoms with Crippen LogP contribution in [-0.4, -0.2) is 41.9 Å². The van der Waals surface area contributed by atoms with E-state index in [0.717, 1.165) is 16.1 Å². The molecule has 0 aromatic heterocycles. The van der Waals surface area contributed by atoms with E-state index in [2.05, 4.69) is 10.7 Å². The van der Waals surface area contributed by atoms with Gasteiger partial charge >= 0.3 is 5.97 Å². The molecule has 0 radical (unpaired) electrons. The summed E-state index contributed by atoms with van der Waals surface area (Å²) in [6.45, 7) is 3.34. The van der Waals surface area contributed by atoms with Gasteiger partial charge in [-0.3, -0.25) is 29.6 Å². The highest BCUT2D eigenvalue weighted by atomic mass is 16.5. The lowest BCUT2D eigenvalue weighted by Gasteiger charge is -2.17. The van der Waals surface area contributed by atoms with E-state index in [9.17, 15) is 19.2 Å². The van der Waals surface area contributed by atoms with Crippen LogP contribution < -0.4 is 10.7 Å². The lowest BCUT2D eigenvalue weighted by Crippen LogP contribution is -2.43. The third-order valence-electron chi connectivity index (χ3n) is 4.66. The van der Waals surface area contributed by atoms with Crippen LogP contribution in [0.1, 0.15) is 27.9 Å². The van der Waals surface area contributed by atoms with E-state index in [1.54, 1.807) is 30.3 Å². The second-order valence-electron chi connectivity index (χ2n) is 7.24. The normalized spacial score (nSPS) is 15.6. The second-order valence-corrected chi connectivity index (χ2v) is 7.24. The summed E-state index contributed by atoms with van der Waals surface area (Å²) >= 11 is 0. The molecule has 1 heterocycles. The number of rotatable bonds is 6. The van der Waals surface area contributed by atoms with Crippen molar-refractivity contribution in [2.24, 2.45) is 5.92 Å². The number of benzene rings is 2. The molecule has 30 heavy (non-hydrogen) atoms. The number of carbonyl (C=O) groups excluding carboxylic acids is 4. The van der Waals surface area contributed by atoms with Crippen LogP contribution in [0.5, 0.6) is 0 Å². The molecule has 1 aliphatic rings. The van der Waals surface area contributed by atoms with E-state index in [4.69, 9.17) is 4.74 Å². The van der Waals surface area contributed by atoms with Gasteiger partial charge < -0.3 is 10.1 Å². The lowest BCUT2D eigenvalue weighted by atomic mass is 10.1. The highest BCUT2D eigenvalue weighted by Gasteiger charge is 2.36. The third-order valence-corrected chi connectivity index (χ3v) is 4.66. The van der Waals surface area contributed by atoms with Gasteiger partial charge in [-0.15, -0.1) is 0 Å². The standard InChI is InChI=1S/C22H23N3O5/c1-14-6-8-18(9-7-14)23-19(26)13-30-22(29)17-11-20(27)25(12-17)24-21(28)16-5-3-4-15(2)10-16/h3-10,17H,11-13H2,1-2H3,(H,23,26)(H,24,28)/t17-/m1/s1. The lowest BCUT2D eigenvalue weighted by molar-refractivity contribution is -0.151. The van der Waals surface area contributed by atoms with Crippen LogP contribution in [0, 0.1) is 19.8 Å². The fourth-order valence-electron chi connectivity index (χ4n) is 3.04. The monoisotopic (exact) mass is 409 g/mol. The summed E-state index contributed by atoms with van der Waals surface area (Å²) in [5.41, 5.74) is 5.51. The summed E-state index contributed by atoms with van der Waals surface area (Å²) in [6.07, 6.45) is -0.0908. The molecule has 8 heteroatoms. The first-order valence-electron chi connectivity index (χ1n) is 9.53. The van der Waals surface area contributed by atoms with Crippen molar-refractivity contribution in [1.82, 2.24) is 10.4 Å². The van der Waals surface area contributed by atoms with Gasteiger partial charge in [-0.25, -0.2) is 0 Å². The van der Waals surface area contributed by atoms with Gasteiger partial charge in [-0.1, -0.05) is 35.4 Å². The van der Waals surface area contributed by atoms with Crippen LogP contribution in [-0.2, 0) is 19.1 Å². The minimum absolute atomic E-state index is 0.00516. The number of anilines is 1. The maximum Gasteiger partial charge on any atom is 0.311 e. The summed E-state index contributed by atoms with van der Waals surface area (Å²) in [7, 11) is 0. The maximum atomic E-state index is 12.3. The Morgan fingerprint density at radius 1 is 1.07 bits per heavy atom. The van der Waals surface area contributed by atoms with E-state index in [1.165, 1.54) is 0 Å². The number of hydrogen-bond acceptors (Lipinski definition) is 5. The highest BCUT2D eigenvalue weighted by molar-refractivity contribution is 5.97. The highest BCUT2D eigenvalue weighted by Crippen LogP contribution is 2.18. The smallest absolute Gasteiger partial charge is 0.311 e. The molecule has 2 N–H and O–H groups in total. The number of ether oxygens (including phenoxy) is 1. The van der Waals surface area contributed by atoms with E-state index in [-0.39, 0.29) is 18.9 Å². The van der Waals surface area contributed by atoms with E-state index in [1.807, 2.05) is 32.0 Å². The van der Waals surface area contributed by atoms with Gasteiger partial charge in [0, 0.05) is 17.7 Å². The number of nitrogens with one attached hydrogen (secondary N) is 2. The van der Waals surface area contributed by atoms with Gasteiger partial charge in [-0.05, 0) is 38.1 Å². The molecule has 1 saturated heterocycles. The molecule has 0 spiro atoms. The summed E-state index contributed by atoms with van der Waals surface area (Å²) < 4.78 is 5.04. The summed E-state index contributed by atoms with van der Waals surface area (Å²) in [6, 6.07) is 14.2. The zero-order valence-electron chi connectivity index (χ0n) is 16.8. The number of carbonyl (C=O) groups is 4. The van der Waals surface area contributed by atoms with E-state index < -0.39 is 30.3 Å². The fraction of sp³-hybridized carbons (Fsp3) is 0.273. The molecule has 8 nitrogen and oxygen atoms in total. The van der Waals surface area contributed by atoms with E-state index in [0.29, 0.717) is 11.3 Å². The molecular weight excluding hydrogens is 386 g/mol. The minimum Gasteiger partial charge on any atom is -0.455 e. The zero-order valence-corrected chi connectivity index (χ0v) is 16.8. The number of aryl methyl sites for hydroxylation is 2. The molecule has 3 rings (SSSR count). The fourth-order valence-corrected chi connectivity index (χ4v) is 3.04. The first-order valence-corrected chi connectivity index (χ1v) is 9.53. The Morgan fingerprint density at radius 2 is 1.80 bits per heavy atom. The predicted octanol–water partition coefficient (Wildman–Crippen LogP) is 1.98. The van der Waals surface area contributed by atoms with Crippen molar-refractivity contribution < 1.29 is 23.9 Å². The minimum atomic E-state index is -0.748. The Morgan fingerprint density at radius 3 is 2.50 bits per heavy atom. The average molecular weight is 409 g/mol. The molecule has 156 valence electrons. The van der Waals surface area contributed by atoms with Crippen LogP contribution >= 0.6 is 0 Å². The Kier molecular flexibility index (Phi) is 6.46. The number of nitrogens with zero attached hydrogens (tertiary/aromatic N) is 1. The SMILES string of the molecule is Cc1ccc(NC(=O)COC(=O)[C@@H]2CC(=O)N(NC(=O)c3cccc(C)c3)C2)cc1. The van der Waals surface area contributed by atoms with Crippen LogP contribution in [0.25, 0.3) is 0 Å². The Hall–Kier alpha value is -3.68. The van der Waals surface area contributed by atoms with Gasteiger partial charge in [0.05, 0.1) is 12.5 Å². The molecule has 0 aliphatic carbocycles. The first kappa shape index (κ1) is 21.0. The predicted molar refractivity (Wildman–Crippen MR) is 109 cm³/mol. The number of hydrogen-bond donors (Lipinski definition) is 2. The summed E-state index contributed by atoms with van der Waals surface area (Å²) in [5.74, 6) is -2.70. The maximum absolute atomic E-state index is 12.3. The van der Waals surface area contributed by atoms with Crippen molar-refractivity contribution in [1.29, 1.82) is 0 Å². The largest absolute Gasteiger partial charge is 0.455 e. The summed E-state index contributed by atoms with van der Waals surface area (Å²) in [5, 5.41) is 3.74. The molecule has 1 aliphatic heterocycles. The van der Waals surface area contributed by atoms with Crippen molar-refractivity contribution in [3.8, 4) is 0 Å². The Bertz CT molecular complexity index is 971. The Balaban J connectivity index is 1.47. The molecular formula is C22H23N3O5. The molecule has 0 unspecified atom stereocenters. The molecule has 3 amide bonds. The van der Waals surface area contributed by atoms with Crippen molar-refractivity contribution in [3.63, 3.8) is 0 Å². The third kappa shape index (κ3) is 5.44. The molecule has 2 aromatic rings. The van der Waals surface area contributed by atoms with Crippen molar-refractivity contribution in [3.05, 3.63) is 65.2 Å². The molecule has 1 atom stereocenters. The average Bonchev–Trinajstić information content (AvgIpc) is 3.08. The molecule has 1 fully saturated rings. The number of esters is 1. The van der Waals surface area contributed by atoms with Crippen molar-refractivity contribution in [2.75, 3.05) is 18.5 Å². The van der Waals surface area contributed by atoms with Crippen LogP contribution in [0.3, 0.4) is 0 Å². The Labute approximate surface area is 174 Å². The van der Waals surface area contributed by atoms with Gasteiger partial charge in [0.15, 0.2) is 6.61 Å². The quantitative estimate of drug-likeness (QED) is 0.710. The molecule has 2 aromatic carbocycles. The zero-order chi connectivity index (χ0) is 21.7. The molecule has 0 bridgehead atoms. The van der Waals surface area contributed by atoms with E-state index >= 15 is 0 Å². The van der Waals surface area contributed by atoms with Crippen molar-refractivity contribution >= 4 is 29.4 Å². The van der Waals surface area contributed by atoms with Gasteiger partial charge in [0.25, 0.3) is 11.8 Å².